The number of nitrogens with one attached hydrogen (secondary N) is 1. The van der Waals surface area contributed by atoms with Gasteiger partial charge in [0.15, 0.2) is 5.75 Å². The average molecular weight is 347 g/mol. The lowest BCUT2D eigenvalue weighted by Gasteiger charge is -2.16. The number of nitrogens with zero attached hydrogens (tertiary/aromatic N) is 1. The van der Waals surface area contributed by atoms with Crippen LogP contribution >= 0.6 is 23.2 Å². The number of benzene rings is 1. The van der Waals surface area contributed by atoms with Crippen molar-refractivity contribution in [3.8, 4) is 5.75 Å². The molecule has 6 nitrogen and oxygen atoms in total. The molecule has 1 aliphatic heterocycles. The highest BCUT2D eigenvalue weighted by molar-refractivity contribution is 6.37. The molecule has 1 heterocycles. The second-order valence-corrected chi connectivity index (χ2v) is 5.83. The van der Waals surface area contributed by atoms with Crippen molar-refractivity contribution in [2.24, 2.45) is 5.92 Å². The predicted octanol–water partition coefficient (Wildman–Crippen LogP) is 2.13. The first-order valence-electron chi connectivity index (χ1n) is 6.68. The van der Waals surface area contributed by atoms with Crippen LogP contribution in [0.2, 0.25) is 10.0 Å². The van der Waals surface area contributed by atoms with Crippen LogP contribution in [0.25, 0.3) is 0 Å². The third-order valence-corrected chi connectivity index (χ3v) is 4.01. The second-order valence-electron chi connectivity index (χ2n) is 5.01. The zero-order valence-corrected chi connectivity index (χ0v) is 13.4. The van der Waals surface area contributed by atoms with Gasteiger partial charge >= 0.3 is 0 Å². The van der Waals surface area contributed by atoms with Gasteiger partial charge in [-0.3, -0.25) is 9.59 Å². The van der Waals surface area contributed by atoms with E-state index < -0.39 is 5.92 Å². The summed E-state index contributed by atoms with van der Waals surface area (Å²) in [6.07, 6.45) is 0.162. The van der Waals surface area contributed by atoms with Crippen LogP contribution < -0.4 is 5.32 Å². The van der Waals surface area contributed by atoms with Crippen LogP contribution in [0.3, 0.4) is 0 Å². The number of hydrogen-bond donors (Lipinski definition) is 2. The molecule has 0 saturated carbocycles. The molecule has 1 aromatic carbocycles. The largest absolute Gasteiger partial charge is 0.505 e. The number of halogens is 2. The van der Waals surface area contributed by atoms with E-state index in [1.807, 2.05) is 0 Å². The first-order valence-corrected chi connectivity index (χ1v) is 7.43. The summed E-state index contributed by atoms with van der Waals surface area (Å²) < 4.78 is 4.93. The molecule has 1 unspecified atom stereocenters. The van der Waals surface area contributed by atoms with Gasteiger partial charge in [-0.15, -0.1) is 0 Å². The molecule has 1 fully saturated rings. The normalized spacial score (nSPS) is 17.9. The van der Waals surface area contributed by atoms with Crippen LogP contribution in [0.5, 0.6) is 5.75 Å². The third kappa shape index (κ3) is 3.82. The van der Waals surface area contributed by atoms with Gasteiger partial charge in [-0.05, 0) is 12.1 Å². The van der Waals surface area contributed by atoms with Gasteiger partial charge in [-0.2, -0.15) is 0 Å². The number of rotatable bonds is 5. The zero-order chi connectivity index (χ0) is 16.3. The molecule has 22 heavy (non-hydrogen) atoms. The van der Waals surface area contributed by atoms with Crippen LogP contribution in [-0.2, 0) is 14.3 Å². The molecule has 0 bridgehead atoms. The molecule has 0 radical (unpaired) electrons. The molecular weight excluding hydrogens is 331 g/mol. The van der Waals surface area contributed by atoms with Crippen molar-refractivity contribution >= 4 is 40.7 Å². The lowest BCUT2D eigenvalue weighted by atomic mass is 10.1. The summed E-state index contributed by atoms with van der Waals surface area (Å²) in [5.74, 6) is -1.02. The van der Waals surface area contributed by atoms with Gasteiger partial charge in [-0.1, -0.05) is 23.2 Å². The lowest BCUT2D eigenvalue weighted by molar-refractivity contribution is -0.128. The van der Waals surface area contributed by atoms with Crippen LogP contribution in [0.1, 0.15) is 6.42 Å². The van der Waals surface area contributed by atoms with Crippen molar-refractivity contribution < 1.29 is 19.4 Å². The van der Waals surface area contributed by atoms with Gasteiger partial charge in [0.25, 0.3) is 0 Å². The molecule has 0 aromatic heterocycles. The highest BCUT2D eigenvalue weighted by Gasteiger charge is 2.34. The number of carbonyl (C=O) groups excluding carboxylic acids is 2. The first kappa shape index (κ1) is 16.9. The van der Waals surface area contributed by atoms with Crippen LogP contribution in [-0.4, -0.2) is 48.6 Å². The molecule has 8 heteroatoms. The third-order valence-electron chi connectivity index (χ3n) is 3.44. The molecule has 1 atom stereocenters. The van der Waals surface area contributed by atoms with Crippen LogP contribution in [0, 0.1) is 5.92 Å². The number of hydrogen-bond acceptors (Lipinski definition) is 4. The number of amides is 2. The van der Waals surface area contributed by atoms with E-state index in [0.717, 1.165) is 0 Å². The Hall–Kier alpha value is -1.50. The van der Waals surface area contributed by atoms with Gasteiger partial charge < -0.3 is 20.1 Å². The smallest absolute Gasteiger partial charge is 0.229 e. The fraction of sp³-hybridized carbons (Fsp3) is 0.429. The number of ether oxygens (including phenoxy) is 1. The maximum absolute atomic E-state index is 12.2. The molecule has 2 rings (SSSR count). The van der Waals surface area contributed by atoms with E-state index in [9.17, 15) is 14.7 Å². The fourth-order valence-electron chi connectivity index (χ4n) is 2.25. The Morgan fingerprint density at radius 1 is 1.45 bits per heavy atom. The maximum atomic E-state index is 12.2. The SMILES string of the molecule is COCCN1CC(C(=O)Nc2cc(Cl)c(O)c(Cl)c2)CC1=O. The monoisotopic (exact) mass is 346 g/mol. The minimum absolute atomic E-state index is 0.0482. The first-order chi connectivity index (χ1) is 10.4. The summed E-state index contributed by atoms with van der Waals surface area (Å²) in [4.78, 5) is 25.6. The average Bonchev–Trinajstić information content (AvgIpc) is 2.83. The number of carbonyl (C=O) groups is 2. The van der Waals surface area contributed by atoms with E-state index >= 15 is 0 Å². The van der Waals surface area contributed by atoms with Crippen molar-refractivity contribution in [1.29, 1.82) is 0 Å². The highest BCUT2D eigenvalue weighted by atomic mass is 35.5. The van der Waals surface area contributed by atoms with Crippen molar-refractivity contribution in [2.75, 3.05) is 32.1 Å². The van der Waals surface area contributed by atoms with Crippen molar-refractivity contribution in [1.82, 2.24) is 4.90 Å². The Morgan fingerprint density at radius 2 is 2.09 bits per heavy atom. The van der Waals surface area contributed by atoms with Gasteiger partial charge in [0.05, 0.1) is 22.6 Å². The number of phenolic OH excluding ortho intramolecular Hbond substituents is 1. The Balaban J connectivity index is 2.00. The van der Waals surface area contributed by atoms with Gasteiger partial charge in [0.1, 0.15) is 0 Å². The quantitative estimate of drug-likeness (QED) is 0.800. The predicted molar refractivity (Wildman–Crippen MR) is 83.3 cm³/mol. The molecular formula is C14H16Cl2N2O4. The van der Waals surface area contributed by atoms with Gasteiger partial charge in [0.2, 0.25) is 11.8 Å². The molecule has 1 aromatic rings. The molecule has 2 N–H and O–H groups in total. The van der Waals surface area contributed by atoms with Crippen LogP contribution in [0.15, 0.2) is 12.1 Å². The van der Waals surface area contributed by atoms with E-state index in [0.29, 0.717) is 25.4 Å². The molecule has 1 saturated heterocycles. The Labute approximate surface area is 137 Å². The summed E-state index contributed by atoms with van der Waals surface area (Å²) in [7, 11) is 1.56. The molecule has 0 spiro atoms. The summed E-state index contributed by atoms with van der Waals surface area (Å²) in [5, 5.41) is 12.2. The van der Waals surface area contributed by atoms with E-state index in [-0.39, 0.29) is 34.0 Å². The van der Waals surface area contributed by atoms with Crippen molar-refractivity contribution in [2.45, 2.75) is 6.42 Å². The second kappa shape index (κ2) is 7.17. The van der Waals surface area contributed by atoms with E-state index in [4.69, 9.17) is 27.9 Å². The van der Waals surface area contributed by atoms with E-state index in [1.54, 1.807) is 12.0 Å². The van der Waals surface area contributed by atoms with Gasteiger partial charge in [-0.25, -0.2) is 0 Å². The number of anilines is 1. The number of likely N-dealkylation sites (tertiary alicyclic amines) is 1. The van der Waals surface area contributed by atoms with E-state index in [2.05, 4.69) is 5.32 Å². The zero-order valence-electron chi connectivity index (χ0n) is 11.9. The molecule has 0 aliphatic carbocycles. The summed E-state index contributed by atoms with van der Waals surface area (Å²) in [6.45, 7) is 1.26. The number of aromatic hydroxyl groups is 1. The van der Waals surface area contributed by atoms with Gasteiger partial charge in [0, 0.05) is 32.3 Å². The highest BCUT2D eigenvalue weighted by Crippen LogP contribution is 2.35. The number of methoxy groups -OCH3 is 1. The van der Waals surface area contributed by atoms with Crippen molar-refractivity contribution in [3.05, 3.63) is 22.2 Å². The standard InChI is InChI=1S/C14H16Cl2N2O4/c1-22-3-2-18-7-8(4-12(18)19)14(21)17-9-5-10(15)13(20)11(16)6-9/h5-6,8,20H,2-4,7H2,1H3,(H,17,21). The number of phenols is 1. The van der Waals surface area contributed by atoms with E-state index in [1.165, 1.54) is 12.1 Å². The topological polar surface area (TPSA) is 78.9 Å². The van der Waals surface area contributed by atoms with Crippen LogP contribution in [0.4, 0.5) is 5.69 Å². The lowest BCUT2D eigenvalue weighted by Crippen LogP contribution is -2.30. The summed E-state index contributed by atoms with van der Waals surface area (Å²) in [5.41, 5.74) is 0.376. The summed E-state index contributed by atoms with van der Waals surface area (Å²) >= 11 is 11.6. The molecule has 1 aliphatic rings. The maximum Gasteiger partial charge on any atom is 0.229 e. The Bertz CT molecular complexity index is 571. The fourth-order valence-corrected chi connectivity index (χ4v) is 2.73. The van der Waals surface area contributed by atoms with Crippen molar-refractivity contribution in [3.63, 3.8) is 0 Å². The Morgan fingerprint density at radius 3 is 2.68 bits per heavy atom. The Kier molecular flexibility index (Phi) is 5.50. The molecule has 2 amide bonds. The summed E-state index contributed by atoms with van der Waals surface area (Å²) in [6, 6.07) is 2.81. The molecule has 120 valence electrons. The minimum atomic E-state index is -0.435. The minimum Gasteiger partial charge on any atom is -0.505 e.